The Labute approximate surface area is 110 Å². The summed E-state index contributed by atoms with van der Waals surface area (Å²) in [5, 5.41) is 10.1. The number of aliphatic hydroxyl groups is 1. The predicted molar refractivity (Wildman–Crippen MR) is 70.4 cm³/mol. The first-order valence-corrected chi connectivity index (χ1v) is 6.89. The van der Waals surface area contributed by atoms with Crippen molar-refractivity contribution in [3.63, 3.8) is 0 Å². The van der Waals surface area contributed by atoms with Crippen molar-refractivity contribution < 1.29 is 9.84 Å². The van der Waals surface area contributed by atoms with Crippen LogP contribution >= 0.6 is 15.9 Å². The SMILES string of the molecule is CC1(C)Cc2cc(Br)cc(CC3(O)CC3)c2O1. The summed E-state index contributed by atoms with van der Waals surface area (Å²) < 4.78 is 7.10. The highest BCUT2D eigenvalue weighted by molar-refractivity contribution is 9.10. The number of halogens is 1. The lowest BCUT2D eigenvalue weighted by atomic mass is 9.98. The molecule has 0 spiro atoms. The molecule has 17 heavy (non-hydrogen) atoms. The first kappa shape index (κ1) is 11.5. The van der Waals surface area contributed by atoms with Gasteiger partial charge in [0, 0.05) is 17.3 Å². The highest BCUT2D eigenvalue weighted by atomic mass is 79.9. The molecule has 1 saturated carbocycles. The minimum atomic E-state index is -0.468. The van der Waals surface area contributed by atoms with Gasteiger partial charge >= 0.3 is 0 Å². The maximum atomic E-state index is 10.1. The lowest BCUT2D eigenvalue weighted by Crippen LogP contribution is -2.25. The van der Waals surface area contributed by atoms with Crippen LogP contribution in [0.5, 0.6) is 5.75 Å². The van der Waals surface area contributed by atoms with E-state index in [4.69, 9.17) is 4.74 Å². The third-order valence-electron chi connectivity index (χ3n) is 3.55. The molecule has 0 atom stereocenters. The molecule has 1 aromatic rings. The Kier molecular flexibility index (Phi) is 2.37. The van der Waals surface area contributed by atoms with Crippen LogP contribution in [0.15, 0.2) is 16.6 Å². The monoisotopic (exact) mass is 296 g/mol. The summed E-state index contributed by atoms with van der Waals surface area (Å²) in [6.45, 7) is 4.22. The summed E-state index contributed by atoms with van der Waals surface area (Å²) in [5.41, 5.74) is 1.80. The van der Waals surface area contributed by atoms with E-state index in [2.05, 4.69) is 41.9 Å². The van der Waals surface area contributed by atoms with E-state index in [1.807, 2.05) is 0 Å². The lowest BCUT2D eigenvalue weighted by molar-refractivity contribution is 0.129. The molecule has 2 nitrogen and oxygen atoms in total. The minimum absolute atomic E-state index is 0.121. The van der Waals surface area contributed by atoms with E-state index >= 15 is 0 Å². The second-order valence-corrected chi connectivity index (χ2v) is 6.91. The average Bonchev–Trinajstić information content (AvgIpc) is 2.79. The topological polar surface area (TPSA) is 29.5 Å². The highest BCUT2D eigenvalue weighted by Gasteiger charge is 2.42. The van der Waals surface area contributed by atoms with Gasteiger partial charge in [-0.3, -0.25) is 0 Å². The fourth-order valence-corrected chi connectivity index (χ4v) is 3.10. The van der Waals surface area contributed by atoms with Crippen molar-refractivity contribution in [1.82, 2.24) is 0 Å². The number of fused-ring (bicyclic) bond motifs is 1. The molecule has 1 aliphatic carbocycles. The van der Waals surface area contributed by atoms with E-state index in [1.165, 1.54) is 5.56 Å². The molecule has 1 aliphatic heterocycles. The average molecular weight is 297 g/mol. The fraction of sp³-hybridized carbons (Fsp3) is 0.571. The summed E-state index contributed by atoms with van der Waals surface area (Å²) in [6, 6.07) is 4.21. The number of ether oxygens (including phenoxy) is 1. The van der Waals surface area contributed by atoms with Crippen LogP contribution in [0, 0.1) is 0 Å². The van der Waals surface area contributed by atoms with E-state index in [-0.39, 0.29) is 5.60 Å². The van der Waals surface area contributed by atoms with Crippen LogP contribution in [-0.2, 0) is 12.8 Å². The fourth-order valence-electron chi connectivity index (χ4n) is 2.55. The van der Waals surface area contributed by atoms with Crippen LogP contribution in [0.4, 0.5) is 0 Å². The van der Waals surface area contributed by atoms with Gasteiger partial charge in [0.2, 0.25) is 0 Å². The molecule has 1 N–H and O–H groups in total. The molecule has 3 heteroatoms. The molecule has 1 fully saturated rings. The molecule has 92 valence electrons. The van der Waals surface area contributed by atoms with E-state index in [0.29, 0.717) is 6.42 Å². The normalized spacial score (nSPS) is 23.1. The molecule has 0 amide bonds. The molecule has 2 aliphatic rings. The van der Waals surface area contributed by atoms with Gasteiger partial charge in [-0.2, -0.15) is 0 Å². The van der Waals surface area contributed by atoms with Crippen LogP contribution in [0.3, 0.4) is 0 Å². The third-order valence-corrected chi connectivity index (χ3v) is 4.01. The summed E-state index contributed by atoms with van der Waals surface area (Å²) in [6.07, 6.45) is 3.48. The van der Waals surface area contributed by atoms with Gasteiger partial charge in [-0.15, -0.1) is 0 Å². The Morgan fingerprint density at radius 1 is 1.35 bits per heavy atom. The van der Waals surface area contributed by atoms with Crippen LogP contribution in [0.1, 0.15) is 37.8 Å². The second-order valence-electron chi connectivity index (χ2n) is 5.99. The molecule has 0 unspecified atom stereocenters. The zero-order valence-electron chi connectivity index (χ0n) is 10.2. The molecule has 3 rings (SSSR count). The zero-order chi connectivity index (χ0) is 12.3. The van der Waals surface area contributed by atoms with Gasteiger partial charge in [0.25, 0.3) is 0 Å². The van der Waals surface area contributed by atoms with Crippen LogP contribution in [0.2, 0.25) is 0 Å². The van der Waals surface area contributed by atoms with Crippen molar-refractivity contribution in [2.45, 2.75) is 50.7 Å². The van der Waals surface area contributed by atoms with Gasteiger partial charge in [-0.1, -0.05) is 15.9 Å². The molecule has 0 radical (unpaired) electrons. The van der Waals surface area contributed by atoms with Crippen molar-refractivity contribution in [3.8, 4) is 5.75 Å². The Morgan fingerprint density at radius 2 is 2.06 bits per heavy atom. The van der Waals surface area contributed by atoms with Gasteiger partial charge in [0.15, 0.2) is 0 Å². The smallest absolute Gasteiger partial charge is 0.126 e. The third kappa shape index (κ3) is 2.23. The molecule has 1 aromatic carbocycles. The van der Waals surface area contributed by atoms with E-state index in [0.717, 1.165) is 35.0 Å². The van der Waals surface area contributed by atoms with Crippen LogP contribution in [-0.4, -0.2) is 16.3 Å². The molecule has 0 saturated heterocycles. The highest BCUT2D eigenvalue weighted by Crippen LogP contribution is 2.45. The maximum Gasteiger partial charge on any atom is 0.126 e. The lowest BCUT2D eigenvalue weighted by Gasteiger charge is -2.19. The number of hydrogen-bond acceptors (Lipinski definition) is 2. The van der Waals surface area contributed by atoms with E-state index < -0.39 is 5.60 Å². The van der Waals surface area contributed by atoms with Gasteiger partial charge in [0.05, 0.1) is 5.60 Å². The minimum Gasteiger partial charge on any atom is -0.487 e. The first-order chi connectivity index (χ1) is 7.87. The quantitative estimate of drug-likeness (QED) is 0.908. The summed E-state index contributed by atoms with van der Waals surface area (Å²) >= 11 is 3.54. The van der Waals surface area contributed by atoms with E-state index in [1.54, 1.807) is 0 Å². The standard InChI is InChI=1S/C14H17BrO2/c1-13(2)7-9-5-11(15)6-10(12(9)17-13)8-14(16)3-4-14/h5-6,16H,3-4,7-8H2,1-2H3. The summed E-state index contributed by atoms with van der Waals surface area (Å²) in [5.74, 6) is 0.999. The van der Waals surface area contributed by atoms with Gasteiger partial charge in [-0.25, -0.2) is 0 Å². The molecular weight excluding hydrogens is 280 g/mol. The zero-order valence-corrected chi connectivity index (χ0v) is 11.8. The van der Waals surface area contributed by atoms with Gasteiger partial charge in [-0.05, 0) is 49.9 Å². The van der Waals surface area contributed by atoms with Crippen molar-refractivity contribution in [3.05, 3.63) is 27.7 Å². The van der Waals surface area contributed by atoms with Crippen molar-refractivity contribution >= 4 is 15.9 Å². The maximum absolute atomic E-state index is 10.1. The molecular formula is C14H17BrO2. The predicted octanol–water partition coefficient (Wildman–Crippen LogP) is 3.23. The Hall–Kier alpha value is -0.540. The molecule has 0 bridgehead atoms. The largest absolute Gasteiger partial charge is 0.487 e. The Balaban J connectivity index is 1.99. The van der Waals surface area contributed by atoms with E-state index in [9.17, 15) is 5.11 Å². The van der Waals surface area contributed by atoms with Crippen LogP contribution in [0.25, 0.3) is 0 Å². The van der Waals surface area contributed by atoms with Crippen molar-refractivity contribution in [2.75, 3.05) is 0 Å². The van der Waals surface area contributed by atoms with Crippen molar-refractivity contribution in [1.29, 1.82) is 0 Å². The summed E-state index contributed by atoms with van der Waals surface area (Å²) in [7, 11) is 0. The number of rotatable bonds is 2. The first-order valence-electron chi connectivity index (χ1n) is 6.10. The van der Waals surface area contributed by atoms with Crippen molar-refractivity contribution in [2.24, 2.45) is 0 Å². The van der Waals surface area contributed by atoms with Crippen LogP contribution < -0.4 is 4.74 Å². The molecule has 0 aromatic heterocycles. The Bertz CT molecular complexity index is 475. The number of hydrogen-bond donors (Lipinski definition) is 1. The molecule has 1 heterocycles. The number of benzene rings is 1. The Morgan fingerprint density at radius 3 is 2.71 bits per heavy atom. The summed E-state index contributed by atoms with van der Waals surface area (Å²) in [4.78, 5) is 0. The van der Waals surface area contributed by atoms with Gasteiger partial charge in [0.1, 0.15) is 11.4 Å². The van der Waals surface area contributed by atoms with Gasteiger partial charge < -0.3 is 9.84 Å². The second kappa shape index (κ2) is 3.48.